The van der Waals surface area contributed by atoms with Gasteiger partial charge in [-0.25, -0.2) is 4.57 Å². The molecule has 0 bridgehead atoms. The van der Waals surface area contributed by atoms with E-state index in [0.29, 0.717) is 6.04 Å². The molecule has 80 valence electrons. The molecule has 0 aliphatic heterocycles. The number of hydrogen-bond donors (Lipinski definition) is 1. The molecule has 0 saturated carbocycles. The molecule has 2 aromatic heterocycles. The van der Waals surface area contributed by atoms with Gasteiger partial charge in [0.15, 0.2) is 18.4 Å². The lowest BCUT2D eigenvalue weighted by molar-refractivity contribution is -0.715. The van der Waals surface area contributed by atoms with Gasteiger partial charge in [0.25, 0.3) is 0 Å². The quantitative estimate of drug-likeness (QED) is 0.596. The van der Waals surface area contributed by atoms with Crippen LogP contribution in [0.15, 0.2) is 42.7 Å². The lowest BCUT2D eigenvalue weighted by atomic mass is 10.2. The third kappa shape index (κ3) is 1.30. The van der Waals surface area contributed by atoms with Crippen molar-refractivity contribution in [2.24, 2.45) is 0 Å². The Kier molecular flexibility index (Phi) is 1.96. The summed E-state index contributed by atoms with van der Waals surface area (Å²) in [7, 11) is 0. The largest absolute Gasteiger partial charge is 0.350 e. The van der Waals surface area contributed by atoms with Crippen molar-refractivity contribution in [3.63, 3.8) is 0 Å². The molecule has 2 heteroatoms. The van der Waals surface area contributed by atoms with E-state index in [2.05, 4.69) is 66.1 Å². The van der Waals surface area contributed by atoms with E-state index >= 15 is 0 Å². The summed E-state index contributed by atoms with van der Waals surface area (Å²) in [6, 6.07) is 11.1. The molecule has 3 aromatic rings. The van der Waals surface area contributed by atoms with E-state index in [9.17, 15) is 0 Å². The van der Waals surface area contributed by atoms with Crippen LogP contribution >= 0.6 is 0 Å². The van der Waals surface area contributed by atoms with Crippen LogP contribution in [0.3, 0.4) is 0 Å². The highest BCUT2D eigenvalue weighted by Gasteiger charge is 2.10. The Bertz CT molecular complexity index is 650. The highest BCUT2D eigenvalue weighted by atomic mass is 15.0. The Morgan fingerprint density at radius 3 is 2.56 bits per heavy atom. The van der Waals surface area contributed by atoms with Gasteiger partial charge in [0, 0.05) is 22.4 Å². The number of benzene rings is 1. The first-order valence-electron chi connectivity index (χ1n) is 5.67. The number of para-hydroxylation sites is 1. The summed E-state index contributed by atoms with van der Waals surface area (Å²) in [5, 5.41) is 2.60. The van der Waals surface area contributed by atoms with Crippen molar-refractivity contribution in [2.45, 2.75) is 19.9 Å². The summed E-state index contributed by atoms with van der Waals surface area (Å²) in [6.07, 6.45) is 4.33. The fraction of sp³-hybridized carbons (Fsp3) is 0.214. The van der Waals surface area contributed by atoms with Crippen LogP contribution in [0.4, 0.5) is 0 Å². The van der Waals surface area contributed by atoms with Crippen LogP contribution in [0.1, 0.15) is 19.9 Å². The third-order valence-electron chi connectivity index (χ3n) is 3.06. The standard InChI is InChI=1S/C14H14N2/c1-10(2)16-8-7-12-11-5-3-4-6-13(11)15-14(12)9-16/h3-10H,1-2H3/p+1. The van der Waals surface area contributed by atoms with Gasteiger partial charge in [-0.05, 0) is 19.9 Å². The Morgan fingerprint density at radius 1 is 1.00 bits per heavy atom. The molecule has 2 heterocycles. The maximum atomic E-state index is 3.45. The van der Waals surface area contributed by atoms with Crippen molar-refractivity contribution in [1.82, 2.24) is 4.98 Å². The number of H-pyrrole nitrogens is 1. The molecule has 0 fully saturated rings. The summed E-state index contributed by atoms with van der Waals surface area (Å²) in [5.74, 6) is 0. The monoisotopic (exact) mass is 211 g/mol. The summed E-state index contributed by atoms with van der Waals surface area (Å²) < 4.78 is 2.22. The number of pyridine rings is 1. The summed E-state index contributed by atoms with van der Waals surface area (Å²) in [5.41, 5.74) is 2.41. The molecule has 0 unspecified atom stereocenters. The van der Waals surface area contributed by atoms with Crippen LogP contribution in [0.2, 0.25) is 0 Å². The zero-order valence-electron chi connectivity index (χ0n) is 9.57. The highest BCUT2D eigenvalue weighted by molar-refractivity contribution is 6.06. The Labute approximate surface area is 94.5 Å². The number of hydrogen-bond acceptors (Lipinski definition) is 0. The number of nitrogens with one attached hydrogen (secondary N) is 1. The van der Waals surface area contributed by atoms with Crippen molar-refractivity contribution in [2.75, 3.05) is 0 Å². The maximum absolute atomic E-state index is 3.45. The van der Waals surface area contributed by atoms with Crippen LogP contribution in [0.25, 0.3) is 21.8 Å². The minimum absolute atomic E-state index is 0.496. The SMILES string of the molecule is CC(C)[n+]1ccc2c(c1)[nH]c1ccccc12. The van der Waals surface area contributed by atoms with Crippen LogP contribution in [0.5, 0.6) is 0 Å². The Morgan fingerprint density at radius 2 is 1.75 bits per heavy atom. The van der Waals surface area contributed by atoms with Gasteiger partial charge < -0.3 is 4.98 Å². The molecule has 0 aliphatic rings. The zero-order valence-corrected chi connectivity index (χ0v) is 9.57. The van der Waals surface area contributed by atoms with Gasteiger partial charge >= 0.3 is 0 Å². The van der Waals surface area contributed by atoms with Crippen molar-refractivity contribution >= 4 is 21.8 Å². The second kappa shape index (κ2) is 3.34. The van der Waals surface area contributed by atoms with Crippen LogP contribution in [-0.4, -0.2) is 4.98 Å². The van der Waals surface area contributed by atoms with Gasteiger partial charge in [0.1, 0.15) is 5.52 Å². The first-order chi connectivity index (χ1) is 7.75. The number of fused-ring (bicyclic) bond motifs is 3. The topological polar surface area (TPSA) is 19.7 Å². The molecule has 0 amide bonds. The van der Waals surface area contributed by atoms with Crippen LogP contribution in [0, 0.1) is 0 Å². The van der Waals surface area contributed by atoms with Crippen molar-refractivity contribution < 1.29 is 4.57 Å². The van der Waals surface area contributed by atoms with Crippen molar-refractivity contribution in [1.29, 1.82) is 0 Å². The van der Waals surface area contributed by atoms with Gasteiger partial charge in [-0.1, -0.05) is 18.2 Å². The Balaban J connectivity index is 2.37. The van der Waals surface area contributed by atoms with Gasteiger partial charge in [-0.15, -0.1) is 0 Å². The zero-order chi connectivity index (χ0) is 11.1. The van der Waals surface area contributed by atoms with Gasteiger partial charge in [0.05, 0.1) is 0 Å². The molecule has 16 heavy (non-hydrogen) atoms. The highest BCUT2D eigenvalue weighted by Crippen LogP contribution is 2.23. The molecule has 0 radical (unpaired) electrons. The fourth-order valence-electron chi connectivity index (χ4n) is 2.14. The predicted octanol–water partition coefficient (Wildman–Crippen LogP) is 3.19. The molecule has 0 aliphatic carbocycles. The second-order valence-corrected chi connectivity index (χ2v) is 4.48. The van der Waals surface area contributed by atoms with Crippen molar-refractivity contribution in [3.05, 3.63) is 42.7 Å². The number of nitrogens with zero attached hydrogens (tertiary/aromatic N) is 1. The van der Waals surface area contributed by atoms with Gasteiger partial charge in [-0.3, -0.25) is 0 Å². The molecular weight excluding hydrogens is 196 g/mol. The molecule has 0 saturated heterocycles. The number of aromatic nitrogens is 2. The minimum Gasteiger partial charge on any atom is -0.350 e. The van der Waals surface area contributed by atoms with Crippen LogP contribution < -0.4 is 4.57 Å². The minimum atomic E-state index is 0.496. The van der Waals surface area contributed by atoms with E-state index in [-0.39, 0.29) is 0 Å². The predicted molar refractivity (Wildman–Crippen MR) is 66.4 cm³/mol. The second-order valence-electron chi connectivity index (χ2n) is 4.48. The summed E-state index contributed by atoms with van der Waals surface area (Å²) in [4.78, 5) is 3.45. The van der Waals surface area contributed by atoms with E-state index < -0.39 is 0 Å². The molecular formula is C14H15N2+. The summed E-state index contributed by atoms with van der Waals surface area (Å²) in [6.45, 7) is 4.38. The molecule has 1 aromatic carbocycles. The van der Waals surface area contributed by atoms with Crippen LogP contribution in [-0.2, 0) is 0 Å². The Hall–Kier alpha value is -1.83. The molecule has 0 spiro atoms. The maximum Gasteiger partial charge on any atom is 0.193 e. The first kappa shape index (κ1) is 9.40. The molecule has 1 N–H and O–H groups in total. The van der Waals surface area contributed by atoms with E-state index in [1.807, 2.05) is 0 Å². The van der Waals surface area contributed by atoms with E-state index in [4.69, 9.17) is 0 Å². The fourth-order valence-corrected chi connectivity index (χ4v) is 2.14. The lowest BCUT2D eigenvalue weighted by Crippen LogP contribution is -2.34. The van der Waals surface area contributed by atoms with E-state index in [0.717, 1.165) is 0 Å². The third-order valence-corrected chi connectivity index (χ3v) is 3.06. The number of rotatable bonds is 1. The first-order valence-corrected chi connectivity index (χ1v) is 5.67. The molecule has 0 atom stereocenters. The molecule has 2 nitrogen and oxygen atoms in total. The molecule has 3 rings (SSSR count). The van der Waals surface area contributed by atoms with Gasteiger partial charge in [0.2, 0.25) is 0 Å². The lowest BCUT2D eigenvalue weighted by Gasteiger charge is -1.98. The van der Waals surface area contributed by atoms with E-state index in [1.165, 1.54) is 21.8 Å². The van der Waals surface area contributed by atoms with E-state index in [1.54, 1.807) is 0 Å². The van der Waals surface area contributed by atoms with Gasteiger partial charge in [-0.2, -0.15) is 0 Å². The number of aromatic amines is 1. The summed E-state index contributed by atoms with van der Waals surface area (Å²) >= 11 is 0. The average molecular weight is 211 g/mol. The van der Waals surface area contributed by atoms with Crippen molar-refractivity contribution in [3.8, 4) is 0 Å². The normalized spacial score (nSPS) is 11.7. The average Bonchev–Trinajstić information content (AvgIpc) is 2.66. The smallest absolute Gasteiger partial charge is 0.193 e.